The second-order valence-electron chi connectivity index (χ2n) is 6.28. The third-order valence-corrected chi connectivity index (χ3v) is 4.70. The lowest BCUT2D eigenvalue weighted by Gasteiger charge is -2.35. The largest absolute Gasteiger partial charge is 0.377 e. The van der Waals surface area contributed by atoms with Crippen LogP contribution in [0.4, 0.5) is 0 Å². The van der Waals surface area contributed by atoms with Gasteiger partial charge in [0.1, 0.15) is 0 Å². The summed E-state index contributed by atoms with van der Waals surface area (Å²) in [4.78, 5) is 14.5. The average molecular weight is 327 g/mol. The van der Waals surface area contributed by atoms with Gasteiger partial charge in [0.05, 0.1) is 37.2 Å². The van der Waals surface area contributed by atoms with Crippen molar-refractivity contribution in [2.24, 2.45) is 0 Å². The fourth-order valence-electron chi connectivity index (χ4n) is 3.44. The summed E-state index contributed by atoms with van der Waals surface area (Å²) in [7, 11) is 0. The van der Waals surface area contributed by atoms with Crippen LogP contribution in [-0.2, 0) is 14.3 Å². The zero-order valence-electron chi connectivity index (χ0n) is 13.9. The third-order valence-electron chi connectivity index (χ3n) is 4.70. The summed E-state index contributed by atoms with van der Waals surface area (Å²) in [6.45, 7) is 6.24. The molecular weight excluding hydrogens is 306 g/mol. The van der Waals surface area contributed by atoms with E-state index in [1.54, 1.807) is 0 Å². The number of amides is 1. The Morgan fingerprint density at radius 2 is 1.96 bits per heavy atom. The number of rotatable bonds is 3. The van der Waals surface area contributed by atoms with Gasteiger partial charge in [0.25, 0.3) is 5.91 Å². The molecule has 0 spiro atoms. The van der Waals surface area contributed by atoms with Gasteiger partial charge in [0.15, 0.2) is 6.10 Å². The van der Waals surface area contributed by atoms with Crippen LogP contribution in [0.1, 0.15) is 23.0 Å². The van der Waals surface area contributed by atoms with Gasteiger partial charge >= 0.3 is 0 Å². The first kappa shape index (κ1) is 15.4. The lowest BCUT2D eigenvalue weighted by Crippen LogP contribution is -2.45. The van der Waals surface area contributed by atoms with Crippen LogP contribution in [0.3, 0.4) is 0 Å². The maximum atomic E-state index is 12.6. The minimum atomic E-state index is -0.268. The van der Waals surface area contributed by atoms with Crippen LogP contribution in [-0.4, -0.2) is 53.1 Å². The van der Waals surface area contributed by atoms with E-state index in [4.69, 9.17) is 14.6 Å². The van der Waals surface area contributed by atoms with Crippen LogP contribution >= 0.6 is 0 Å². The molecule has 1 aromatic carbocycles. The van der Waals surface area contributed by atoms with Crippen molar-refractivity contribution in [2.75, 3.05) is 26.4 Å². The lowest BCUT2D eigenvalue weighted by atomic mass is 10.0. The Morgan fingerprint density at radius 1 is 1.21 bits per heavy atom. The molecule has 0 N–H and O–H groups in total. The second kappa shape index (κ2) is 6.03. The van der Waals surface area contributed by atoms with Crippen LogP contribution in [0, 0.1) is 13.8 Å². The van der Waals surface area contributed by atoms with Gasteiger partial charge < -0.3 is 14.4 Å². The molecule has 2 aliphatic rings. The van der Waals surface area contributed by atoms with Crippen molar-refractivity contribution in [3.05, 3.63) is 47.3 Å². The van der Waals surface area contributed by atoms with Crippen LogP contribution in [0.5, 0.6) is 0 Å². The summed E-state index contributed by atoms with van der Waals surface area (Å²) in [5, 5.41) is 4.70. The van der Waals surface area contributed by atoms with E-state index in [9.17, 15) is 4.79 Å². The topological polar surface area (TPSA) is 59.9 Å². The van der Waals surface area contributed by atoms with Crippen LogP contribution in [0.15, 0.2) is 30.3 Å². The van der Waals surface area contributed by atoms with E-state index >= 15 is 0 Å². The van der Waals surface area contributed by atoms with Gasteiger partial charge in [-0.15, -0.1) is 0 Å². The number of epoxide rings is 1. The van der Waals surface area contributed by atoms with Gasteiger partial charge in [0.2, 0.25) is 0 Å². The smallest absolute Gasteiger partial charge is 0.254 e. The van der Waals surface area contributed by atoms with Crippen molar-refractivity contribution in [3.8, 4) is 5.69 Å². The van der Waals surface area contributed by atoms with Crippen molar-refractivity contribution in [2.45, 2.75) is 26.0 Å². The molecule has 24 heavy (non-hydrogen) atoms. The van der Waals surface area contributed by atoms with E-state index in [0.29, 0.717) is 26.4 Å². The molecule has 0 aliphatic carbocycles. The zero-order valence-corrected chi connectivity index (χ0v) is 13.9. The van der Waals surface area contributed by atoms with Gasteiger partial charge in [-0.2, -0.15) is 5.10 Å². The fraction of sp³-hybridized carbons (Fsp3) is 0.444. The highest BCUT2D eigenvalue weighted by atomic mass is 16.6. The van der Waals surface area contributed by atoms with Crippen molar-refractivity contribution in [3.63, 3.8) is 0 Å². The monoisotopic (exact) mass is 327 g/mol. The number of para-hydroxylation sites is 1. The molecule has 2 aromatic rings. The van der Waals surface area contributed by atoms with E-state index in [-0.39, 0.29) is 18.1 Å². The predicted molar refractivity (Wildman–Crippen MR) is 88.1 cm³/mol. The summed E-state index contributed by atoms with van der Waals surface area (Å²) in [6.07, 6.45) is -0.268. The SMILES string of the molecule is Cc1nn(-c2ccccc2)c(C)c1C1COCCN1C(=O)C1CO1. The number of carbonyl (C=O) groups excluding carboxylic acids is 1. The molecule has 2 aliphatic heterocycles. The number of aryl methyl sites for hydroxylation is 1. The molecule has 2 fully saturated rings. The Morgan fingerprint density at radius 3 is 2.67 bits per heavy atom. The molecule has 6 nitrogen and oxygen atoms in total. The quantitative estimate of drug-likeness (QED) is 0.807. The van der Waals surface area contributed by atoms with E-state index in [0.717, 1.165) is 22.6 Å². The van der Waals surface area contributed by atoms with Crippen LogP contribution in [0.2, 0.25) is 0 Å². The van der Waals surface area contributed by atoms with Gasteiger partial charge in [-0.1, -0.05) is 18.2 Å². The van der Waals surface area contributed by atoms with Gasteiger partial charge in [-0.05, 0) is 26.0 Å². The summed E-state index contributed by atoms with van der Waals surface area (Å²) < 4.78 is 12.8. The standard InChI is InChI=1S/C18H21N3O3/c1-12-17(13(2)21(19-12)14-6-4-3-5-7-14)15-10-23-9-8-20(15)18(22)16-11-24-16/h3-7,15-16H,8-11H2,1-2H3. The minimum absolute atomic E-state index is 0.0644. The molecule has 2 unspecified atom stereocenters. The van der Waals surface area contributed by atoms with Crippen molar-refractivity contribution in [1.29, 1.82) is 0 Å². The molecule has 0 bridgehead atoms. The molecule has 3 heterocycles. The molecule has 2 saturated heterocycles. The van der Waals surface area contributed by atoms with Crippen LogP contribution in [0.25, 0.3) is 5.69 Å². The Kier molecular flexibility index (Phi) is 3.86. The number of aromatic nitrogens is 2. The number of carbonyl (C=O) groups is 1. The van der Waals surface area contributed by atoms with Crippen molar-refractivity contribution >= 4 is 5.91 Å². The maximum Gasteiger partial charge on any atom is 0.254 e. The lowest BCUT2D eigenvalue weighted by molar-refractivity contribution is -0.141. The molecule has 0 radical (unpaired) electrons. The minimum Gasteiger partial charge on any atom is -0.377 e. The average Bonchev–Trinajstić information content (AvgIpc) is 3.41. The summed E-state index contributed by atoms with van der Waals surface area (Å²) in [6, 6.07) is 9.93. The Balaban J connectivity index is 1.72. The highest BCUT2D eigenvalue weighted by Gasteiger charge is 2.40. The van der Waals surface area contributed by atoms with Crippen molar-refractivity contribution < 1.29 is 14.3 Å². The number of morpholine rings is 1. The predicted octanol–water partition coefficient (Wildman–Crippen LogP) is 1.79. The molecular formula is C18H21N3O3. The maximum absolute atomic E-state index is 12.6. The molecule has 2 atom stereocenters. The third kappa shape index (κ3) is 2.61. The first-order valence-corrected chi connectivity index (χ1v) is 8.28. The normalized spacial score (nSPS) is 23.3. The number of ether oxygens (including phenoxy) is 2. The highest BCUT2D eigenvalue weighted by Crippen LogP contribution is 2.32. The first-order chi connectivity index (χ1) is 11.7. The Bertz CT molecular complexity index is 752. The van der Waals surface area contributed by atoms with E-state index < -0.39 is 0 Å². The molecule has 4 rings (SSSR count). The number of hydrogen-bond donors (Lipinski definition) is 0. The Hall–Kier alpha value is -2.18. The Labute approximate surface area is 141 Å². The summed E-state index contributed by atoms with van der Waals surface area (Å²) >= 11 is 0. The molecule has 1 amide bonds. The summed E-state index contributed by atoms with van der Waals surface area (Å²) in [5.74, 6) is 0.0644. The zero-order chi connectivity index (χ0) is 16.7. The second-order valence-corrected chi connectivity index (χ2v) is 6.28. The number of nitrogens with zero attached hydrogens (tertiary/aromatic N) is 3. The molecule has 0 saturated carbocycles. The van der Waals surface area contributed by atoms with E-state index in [1.807, 2.05) is 53.8 Å². The fourth-order valence-corrected chi connectivity index (χ4v) is 3.44. The summed E-state index contributed by atoms with van der Waals surface area (Å²) in [5.41, 5.74) is 4.07. The van der Waals surface area contributed by atoms with Crippen LogP contribution < -0.4 is 0 Å². The highest BCUT2D eigenvalue weighted by molar-refractivity contribution is 5.83. The van der Waals surface area contributed by atoms with Gasteiger partial charge in [-0.3, -0.25) is 4.79 Å². The first-order valence-electron chi connectivity index (χ1n) is 8.28. The molecule has 126 valence electrons. The molecule has 6 heteroatoms. The van der Waals surface area contributed by atoms with E-state index in [2.05, 4.69) is 0 Å². The number of benzene rings is 1. The van der Waals surface area contributed by atoms with Gasteiger partial charge in [-0.25, -0.2) is 4.68 Å². The molecule has 1 aromatic heterocycles. The van der Waals surface area contributed by atoms with Gasteiger partial charge in [0, 0.05) is 17.8 Å². The van der Waals surface area contributed by atoms with Crippen molar-refractivity contribution in [1.82, 2.24) is 14.7 Å². The number of hydrogen-bond acceptors (Lipinski definition) is 4. The van der Waals surface area contributed by atoms with E-state index in [1.165, 1.54) is 0 Å².